The van der Waals surface area contributed by atoms with E-state index in [1.807, 2.05) is 24.3 Å². The van der Waals surface area contributed by atoms with E-state index in [4.69, 9.17) is 4.74 Å². The highest BCUT2D eigenvalue weighted by Gasteiger charge is 2.32. The van der Waals surface area contributed by atoms with Crippen LogP contribution in [0.1, 0.15) is 19.8 Å². The van der Waals surface area contributed by atoms with Gasteiger partial charge in [0.2, 0.25) is 0 Å². The van der Waals surface area contributed by atoms with E-state index in [2.05, 4.69) is 5.32 Å². The lowest BCUT2D eigenvalue weighted by Gasteiger charge is -2.34. The number of hydrogen-bond acceptors (Lipinski definition) is 4. The number of hydrogen-bond donors (Lipinski definition) is 2. The number of amides is 1. The van der Waals surface area contributed by atoms with Crippen molar-refractivity contribution in [3.8, 4) is 5.75 Å². The molecule has 5 heteroatoms. The fourth-order valence-electron chi connectivity index (χ4n) is 2.41. The summed E-state index contributed by atoms with van der Waals surface area (Å²) in [6, 6.07) is 7.99. The molecule has 0 saturated heterocycles. The second kappa shape index (κ2) is 5.42. The first-order chi connectivity index (χ1) is 9.65. The second-order valence-corrected chi connectivity index (χ2v) is 5.51. The molecule has 2 atom stereocenters. The highest BCUT2D eigenvalue weighted by molar-refractivity contribution is 5.99. The van der Waals surface area contributed by atoms with Crippen LogP contribution in [-0.2, 0) is 4.79 Å². The number of benzene rings is 1. The number of fused-ring (bicyclic) bond motifs is 1. The lowest BCUT2D eigenvalue weighted by atomic mass is 10.1. The molecule has 1 aliphatic carbocycles. The average molecular weight is 276 g/mol. The molecule has 3 rings (SSSR count). The van der Waals surface area contributed by atoms with Crippen molar-refractivity contribution < 1.29 is 14.6 Å². The van der Waals surface area contributed by atoms with Crippen molar-refractivity contribution in [2.24, 2.45) is 0 Å². The lowest BCUT2D eigenvalue weighted by Crippen LogP contribution is -2.49. The minimum atomic E-state index is -0.571. The van der Waals surface area contributed by atoms with Crippen LogP contribution in [0.2, 0.25) is 0 Å². The van der Waals surface area contributed by atoms with Crippen LogP contribution in [0.15, 0.2) is 24.3 Å². The van der Waals surface area contributed by atoms with Gasteiger partial charge in [0.05, 0.1) is 18.3 Å². The van der Waals surface area contributed by atoms with E-state index in [0.29, 0.717) is 24.9 Å². The minimum Gasteiger partial charge on any atom is -0.479 e. The number of para-hydroxylation sites is 2. The van der Waals surface area contributed by atoms with Crippen LogP contribution in [0.5, 0.6) is 5.75 Å². The van der Waals surface area contributed by atoms with E-state index in [1.54, 1.807) is 11.8 Å². The van der Waals surface area contributed by atoms with Gasteiger partial charge in [-0.1, -0.05) is 12.1 Å². The molecule has 0 radical (unpaired) electrons. The van der Waals surface area contributed by atoms with Gasteiger partial charge < -0.3 is 20.1 Å². The molecule has 1 heterocycles. The minimum absolute atomic E-state index is 0.103. The summed E-state index contributed by atoms with van der Waals surface area (Å²) in [4.78, 5) is 13.9. The molecular weight excluding hydrogens is 256 g/mol. The van der Waals surface area contributed by atoms with Crippen LogP contribution < -0.4 is 15.0 Å². The first kappa shape index (κ1) is 13.4. The summed E-state index contributed by atoms with van der Waals surface area (Å²) in [5, 5.41) is 13.4. The first-order valence-corrected chi connectivity index (χ1v) is 7.13. The van der Waals surface area contributed by atoms with Gasteiger partial charge in [0, 0.05) is 12.6 Å². The third-order valence-corrected chi connectivity index (χ3v) is 3.69. The molecule has 1 aromatic rings. The van der Waals surface area contributed by atoms with Crippen LogP contribution in [0.3, 0.4) is 0 Å². The van der Waals surface area contributed by atoms with Crippen LogP contribution in [0.4, 0.5) is 5.69 Å². The molecule has 0 bridgehead atoms. The molecule has 0 aromatic heterocycles. The molecule has 20 heavy (non-hydrogen) atoms. The normalized spacial score (nSPS) is 23.2. The number of β-amino-alcohol motifs (C(OH)–C–C–N with tert-alkyl or cyclic N) is 1. The van der Waals surface area contributed by atoms with E-state index in [-0.39, 0.29) is 5.91 Å². The maximum absolute atomic E-state index is 12.2. The summed E-state index contributed by atoms with van der Waals surface area (Å²) in [5.41, 5.74) is 0.737. The summed E-state index contributed by atoms with van der Waals surface area (Å²) < 4.78 is 5.58. The zero-order valence-corrected chi connectivity index (χ0v) is 11.6. The van der Waals surface area contributed by atoms with Gasteiger partial charge in [-0.2, -0.15) is 0 Å². The van der Waals surface area contributed by atoms with Gasteiger partial charge in [0.15, 0.2) is 6.10 Å². The van der Waals surface area contributed by atoms with Crippen molar-refractivity contribution in [1.82, 2.24) is 5.32 Å². The third kappa shape index (κ3) is 2.78. The number of carbonyl (C=O) groups is 1. The zero-order valence-electron chi connectivity index (χ0n) is 11.6. The summed E-state index contributed by atoms with van der Waals surface area (Å²) in [7, 11) is 0. The van der Waals surface area contributed by atoms with Crippen LogP contribution in [0.25, 0.3) is 0 Å². The number of ether oxygens (including phenoxy) is 1. The van der Waals surface area contributed by atoms with Crippen molar-refractivity contribution in [2.75, 3.05) is 18.0 Å². The summed E-state index contributed by atoms with van der Waals surface area (Å²) in [5.74, 6) is 0.594. The Hall–Kier alpha value is -1.59. The molecule has 1 aliphatic heterocycles. The number of anilines is 1. The molecule has 2 unspecified atom stereocenters. The van der Waals surface area contributed by atoms with Crippen molar-refractivity contribution in [3.05, 3.63) is 24.3 Å². The number of rotatable bonds is 5. The van der Waals surface area contributed by atoms with Gasteiger partial charge in [0.25, 0.3) is 5.91 Å². The molecule has 5 nitrogen and oxygen atoms in total. The molecule has 1 aromatic carbocycles. The average Bonchev–Trinajstić information content (AvgIpc) is 3.26. The first-order valence-electron chi connectivity index (χ1n) is 7.13. The number of carbonyl (C=O) groups excluding carboxylic acids is 1. The van der Waals surface area contributed by atoms with E-state index >= 15 is 0 Å². The van der Waals surface area contributed by atoms with Gasteiger partial charge in [0.1, 0.15) is 5.75 Å². The third-order valence-electron chi connectivity index (χ3n) is 3.69. The van der Waals surface area contributed by atoms with Crippen molar-refractivity contribution in [2.45, 2.75) is 38.0 Å². The van der Waals surface area contributed by atoms with Gasteiger partial charge in [-0.3, -0.25) is 4.79 Å². The topological polar surface area (TPSA) is 61.8 Å². The van der Waals surface area contributed by atoms with Gasteiger partial charge in [-0.15, -0.1) is 0 Å². The Morgan fingerprint density at radius 3 is 2.95 bits per heavy atom. The number of aliphatic hydroxyl groups excluding tert-OH is 1. The molecule has 1 fully saturated rings. The predicted octanol–water partition coefficient (Wildman–Crippen LogP) is 0.913. The zero-order chi connectivity index (χ0) is 14.1. The SMILES string of the molecule is CC1Oc2ccccc2N(CC(O)CNC2CC2)C1=O. The summed E-state index contributed by atoms with van der Waals surface area (Å²) in [6.45, 7) is 2.55. The Morgan fingerprint density at radius 2 is 2.20 bits per heavy atom. The van der Waals surface area contributed by atoms with Gasteiger partial charge >= 0.3 is 0 Å². The van der Waals surface area contributed by atoms with E-state index in [0.717, 1.165) is 5.69 Å². The Morgan fingerprint density at radius 1 is 1.45 bits per heavy atom. The van der Waals surface area contributed by atoms with Crippen molar-refractivity contribution >= 4 is 11.6 Å². The monoisotopic (exact) mass is 276 g/mol. The van der Waals surface area contributed by atoms with Crippen LogP contribution in [0, 0.1) is 0 Å². The highest BCUT2D eigenvalue weighted by Crippen LogP contribution is 2.33. The Bertz CT molecular complexity index is 502. The van der Waals surface area contributed by atoms with Crippen molar-refractivity contribution in [1.29, 1.82) is 0 Å². The fraction of sp³-hybridized carbons (Fsp3) is 0.533. The molecule has 2 N–H and O–H groups in total. The lowest BCUT2D eigenvalue weighted by molar-refractivity contribution is -0.125. The quantitative estimate of drug-likeness (QED) is 0.839. The number of nitrogens with one attached hydrogen (secondary N) is 1. The van der Waals surface area contributed by atoms with Gasteiger partial charge in [-0.05, 0) is 31.9 Å². The summed E-state index contributed by atoms with van der Waals surface area (Å²) >= 11 is 0. The van der Waals surface area contributed by atoms with E-state index in [1.165, 1.54) is 12.8 Å². The second-order valence-electron chi connectivity index (χ2n) is 5.51. The van der Waals surface area contributed by atoms with Crippen molar-refractivity contribution in [3.63, 3.8) is 0 Å². The smallest absolute Gasteiger partial charge is 0.267 e. The largest absolute Gasteiger partial charge is 0.479 e. The van der Waals surface area contributed by atoms with Gasteiger partial charge in [-0.25, -0.2) is 0 Å². The Labute approximate surface area is 118 Å². The molecule has 0 spiro atoms. The molecule has 1 saturated carbocycles. The molecule has 108 valence electrons. The fourth-order valence-corrected chi connectivity index (χ4v) is 2.41. The number of aliphatic hydroxyl groups is 1. The standard InChI is InChI=1S/C15H20N2O3/c1-10-15(19)17(9-12(18)8-16-11-6-7-11)13-4-2-3-5-14(13)20-10/h2-5,10-12,16,18H,6-9H2,1H3. The molecular formula is C15H20N2O3. The van der Waals surface area contributed by atoms with E-state index in [9.17, 15) is 9.90 Å². The van der Waals surface area contributed by atoms with Crippen LogP contribution in [-0.4, -0.2) is 42.4 Å². The molecule has 2 aliphatic rings. The maximum Gasteiger partial charge on any atom is 0.267 e. The van der Waals surface area contributed by atoms with E-state index < -0.39 is 12.2 Å². The maximum atomic E-state index is 12.2. The van der Waals surface area contributed by atoms with Crippen LogP contribution >= 0.6 is 0 Å². The summed E-state index contributed by atoms with van der Waals surface area (Å²) in [6.07, 6.45) is 1.29. The number of nitrogens with zero attached hydrogens (tertiary/aromatic N) is 1. The highest BCUT2D eigenvalue weighted by atomic mass is 16.5. The Kier molecular flexibility index (Phi) is 3.63. The predicted molar refractivity (Wildman–Crippen MR) is 75.9 cm³/mol. The Balaban J connectivity index is 1.71. The molecule has 1 amide bonds.